The molecule has 3 nitrogen and oxygen atoms in total. The van der Waals surface area contributed by atoms with Gasteiger partial charge in [0.05, 0.1) is 12.2 Å². The van der Waals surface area contributed by atoms with Crippen LogP contribution in [0, 0.1) is 6.92 Å². The van der Waals surface area contributed by atoms with E-state index in [0.29, 0.717) is 6.54 Å². The number of hydrogen-bond donors (Lipinski definition) is 1. The van der Waals surface area contributed by atoms with Gasteiger partial charge >= 0.3 is 0 Å². The van der Waals surface area contributed by atoms with Gasteiger partial charge in [-0.3, -0.25) is 0 Å². The second-order valence-electron chi connectivity index (χ2n) is 3.51. The number of halogens is 1. The number of rotatable bonds is 3. The summed E-state index contributed by atoms with van der Waals surface area (Å²) in [7, 11) is 0. The molecule has 1 heterocycles. The lowest BCUT2D eigenvalue weighted by Crippen LogP contribution is -2.02. The van der Waals surface area contributed by atoms with Gasteiger partial charge in [0.2, 0.25) is 0 Å². The van der Waals surface area contributed by atoms with Crippen molar-refractivity contribution in [2.75, 3.05) is 5.32 Å². The summed E-state index contributed by atoms with van der Waals surface area (Å²) < 4.78 is 1.09. The van der Waals surface area contributed by atoms with Crippen LogP contribution >= 0.6 is 15.9 Å². The molecule has 0 atom stereocenters. The molecule has 82 valence electrons. The van der Waals surface area contributed by atoms with Gasteiger partial charge in [-0.15, -0.1) is 0 Å². The van der Waals surface area contributed by atoms with Gasteiger partial charge in [0, 0.05) is 16.4 Å². The fourth-order valence-electron chi connectivity index (χ4n) is 1.43. The minimum atomic E-state index is 0.713. The molecule has 0 spiro atoms. The van der Waals surface area contributed by atoms with Gasteiger partial charge in [0.25, 0.3) is 0 Å². The molecular weight excluding hydrogens is 266 g/mol. The Labute approximate surface area is 103 Å². The van der Waals surface area contributed by atoms with Gasteiger partial charge in [0.1, 0.15) is 6.33 Å². The Bertz CT molecular complexity index is 471. The summed E-state index contributed by atoms with van der Waals surface area (Å²) in [6.07, 6.45) is 3.31. The Kier molecular flexibility index (Phi) is 3.51. The van der Waals surface area contributed by atoms with E-state index in [1.165, 1.54) is 5.56 Å². The summed E-state index contributed by atoms with van der Waals surface area (Å²) in [6.45, 7) is 2.79. The number of hydrogen-bond acceptors (Lipinski definition) is 3. The second-order valence-corrected chi connectivity index (χ2v) is 4.43. The van der Waals surface area contributed by atoms with E-state index in [0.717, 1.165) is 15.9 Å². The Hall–Kier alpha value is -1.42. The Balaban J connectivity index is 2.05. The van der Waals surface area contributed by atoms with Crippen molar-refractivity contribution >= 4 is 21.6 Å². The average molecular weight is 278 g/mol. The molecule has 0 fully saturated rings. The van der Waals surface area contributed by atoms with Crippen molar-refractivity contribution in [2.45, 2.75) is 13.5 Å². The summed E-state index contributed by atoms with van der Waals surface area (Å²) >= 11 is 3.44. The molecule has 0 unspecified atom stereocenters. The Morgan fingerprint density at radius 2 is 2.19 bits per heavy atom. The smallest absolute Gasteiger partial charge is 0.115 e. The van der Waals surface area contributed by atoms with E-state index in [4.69, 9.17) is 0 Å². The maximum atomic E-state index is 4.16. The summed E-state index contributed by atoms with van der Waals surface area (Å²) in [5.41, 5.74) is 3.32. The van der Waals surface area contributed by atoms with E-state index < -0.39 is 0 Å². The lowest BCUT2D eigenvalue weighted by atomic mass is 10.2. The number of aryl methyl sites for hydroxylation is 1. The predicted molar refractivity (Wildman–Crippen MR) is 68.2 cm³/mol. The van der Waals surface area contributed by atoms with Crippen molar-refractivity contribution in [3.8, 4) is 0 Å². The Morgan fingerprint density at radius 3 is 2.88 bits per heavy atom. The van der Waals surface area contributed by atoms with E-state index >= 15 is 0 Å². The lowest BCUT2D eigenvalue weighted by Gasteiger charge is -2.09. The quantitative estimate of drug-likeness (QED) is 0.937. The van der Waals surface area contributed by atoms with Gasteiger partial charge in [-0.1, -0.05) is 15.9 Å². The van der Waals surface area contributed by atoms with Gasteiger partial charge < -0.3 is 5.32 Å². The molecular formula is C12H12BrN3. The zero-order valence-electron chi connectivity index (χ0n) is 8.94. The molecule has 0 bridgehead atoms. The lowest BCUT2D eigenvalue weighted by molar-refractivity contribution is 1.00. The highest BCUT2D eigenvalue weighted by atomic mass is 79.9. The molecule has 2 aromatic rings. The van der Waals surface area contributed by atoms with Crippen molar-refractivity contribution in [1.82, 2.24) is 9.97 Å². The van der Waals surface area contributed by atoms with Crippen molar-refractivity contribution in [2.24, 2.45) is 0 Å². The summed E-state index contributed by atoms with van der Waals surface area (Å²) in [4.78, 5) is 8.04. The van der Waals surface area contributed by atoms with E-state index in [-0.39, 0.29) is 0 Å². The third-order valence-electron chi connectivity index (χ3n) is 2.29. The van der Waals surface area contributed by atoms with Crippen LogP contribution in [0.4, 0.5) is 5.69 Å². The van der Waals surface area contributed by atoms with Crippen LogP contribution in [0.5, 0.6) is 0 Å². The van der Waals surface area contributed by atoms with E-state index in [1.54, 1.807) is 12.5 Å². The maximum Gasteiger partial charge on any atom is 0.115 e. The van der Waals surface area contributed by atoms with Gasteiger partial charge in [0.15, 0.2) is 0 Å². The molecule has 2 rings (SSSR count). The fraction of sp³-hybridized carbons (Fsp3) is 0.167. The van der Waals surface area contributed by atoms with Gasteiger partial charge in [-0.25, -0.2) is 9.97 Å². The van der Waals surface area contributed by atoms with Crippen molar-refractivity contribution in [3.05, 3.63) is 52.5 Å². The highest BCUT2D eigenvalue weighted by Gasteiger charge is 1.99. The zero-order valence-corrected chi connectivity index (χ0v) is 10.5. The van der Waals surface area contributed by atoms with Crippen molar-refractivity contribution in [3.63, 3.8) is 0 Å². The summed E-state index contributed by atoms with van der Waals surface area (Å²) in [6, 6.07) is 8.07. The molecule has 0 saturated carbocycles. The standard InChI is InChI=1S/C12H12BrN3/c1-9-6-10(13)2-3-12(9)15-7-11-4-5-14-8-16-11/h2-6,8,15H,7H2,1H3. The van der Waals surface area contributed by atoms with Crippen molar-refractivity contribution < 1.29 is 0 Å². The minimum absolute atomic E-state index is 0.713. The number of benzene rings is 1. The zero-order chi connectivity index (χ0) is 11.4. The molecule has 0 radical (unpaired) electrons. The first-order valence-electron chi connectivity index (χ1n) is 5.00. The number of nitrogens with zero attached hydrogens (tertiary/aromatic N) is 2. The first-order valence-corrected chi connectivity index (χ1v) is 5.80. The Morgan fingerprint density at radius 1 is 1.31 bits per heavy atom. The number of nitrogens with one attached hydrogen (secondary N) is 1. The first kappa shape index (κ1) is 11.1. The van der Waals surface area contributed by atoms with Crippen molar-refractivity contribution in [1.29, 1.82) is 0 Å². The van der Waals surface area contributed by atoms with E-state index in [2.05, 4.69) is 50.3 Å². The number of aromatic nitrogens is 2. The molecule has 0 aliphatic heterocycles. The van der Waals surface area contributed by atoms with Gasteiger partial charge in [-0.05, 0) is 36.8 Å². The molecule has 0 saturated heterocycles. The third kappa shape index (κ3) is 2.79. The van der Waals surface area contributed by atoms with Crippen LogP contribution in [0.1, 0.15) is 11.3 Å². The average Bonchev–Trinajstić information content (AvgIpc) is 2.29. The van der Waals surface area contributed by atoms with Crippen LogP contribution < -0.4 is 5.32 Å². The largest absolute Gasteiger partial charge is 0.379 e. The topological polar surface area (TPSA) is 37.8 Å². The van der Waals surface area contributed by atoms with Gasteiger partial charge in [-0.2, -0.15) is 0 Å². The monoisotopic (exact) mass is 277 g/mol. The SMILES string of the molecule is Cc1cc(Br)ccc1NCc1ccncn1. The first-order chi connectivity index (χ1) is 7.75. The maximum absolute atomic E-state index is 4.16. The summed E-state index contributed by atoms with van der Waals surface area (Å²) in [5, 5.41) is 3.35. The highest BCUT2D eigenvalue weighted by molar-refractivity contribution is 9.10. The second kappa shape index (κ2) is 5.07. The van der Waals surface area contributed by atoms with Crippen LogP contribution in [0.25, 0.3) is 0 Å². The van der Waals surface area contributed by atoms with Crippen LogP contribution in [0.3, 0.4) is 0 Å². The van der Waals surface area contributed by atoms with Crippen LogP contribution in [0.15, 0.2) is 41.3 Å². The summed E-state index contributed by atoms with van der Waals surface area (Å²) in [5.74, 6) is 0. The molecule has 1 aromatic heterocycles. The van der Waals surface area contributed by atoms with E-state index in [9.17, 15) is 0 Å². The highest BCUT2D eigenvalue weighted by Crippen LogP contribution is 2.20. The molecule has 0 aliphatic rings. The molecule has 4 heteroatoms. The number of anilines is 1. The molecule has 16 heavy (non-hydrogen) atoms. The predicted octanol–water partition coefficient (Wildman–Crippen LogP) is 3.16. The molecule has 0 aliphatic carbocycles. The normalized spacial score (nSPS) is 10.1. The minimum Gasteiger partial charge on any atom is -0.379 e. The third-order valence-corrected chi connectivity index (χ3v) is 2.78. The van der Waals surface area contributed by atoms with E-state index in [1.807, 2.05) is 12.1 Å². The van der Waals surface area contributed by atoms with Crippen LogP contribution in [0.2, 0.25) is 0 Å². The fourth-order valence-corrected chi connectivity index (χ4v) is 1.91. The molecule has 1 aromatic carbocycles. The van der Waals surface area contributed by atoms with Crippen LogP contribution in [-0.2, 0) is 6.54 Å². The molecule has 0 amide bonds. The van der Waals surface area contributed by atoms with Crippen LogP contribution in [-0.4, -0.2) is 9.97 Å². The molecule has 1 N–H and O–H groups in total.